The predicted molar refractivity (Wildman–Crippen MR) is 90.0 cm³/mol. The molecule has 0 aliphatic heterocycles. The van der Waals surface area contributed by atoms with Crippen molar-refractivity contribution in [3.63, 3.8) is 0 Å². The number of rotatable bonds is 8. The van der Waals surface area contributed by atoms with Crippen molar-refractivity contribution in [3.05, 3.63) is 71.8 Å². The van der Waals surface area contributed by atoms with Gasteiger partial charge in [0.05, 0.1) is 0 Å². The molecule has 0 aromatic heterocycles. The predicted octanol–water partition coefficient (Wildman–Crippen LogP) is 4.23. The minimum absolute atomic E-state index is 0.265. The maximum absolute atomic E-state index is 5.88. The van der Waals surface area contributed by atoms with E-state index in [-0.39, 0.29) is 6.04 Å². The molecule has 0 spiro atoms. The molecular weight excluding hydrogens is 256 g/mol. The van der Waals surface area contributed by atoms with Crippen molar-refractivity contribution in [1.29, 1.82) is 0 Å². The Hall–Kier alpha value is -1.64. The molecule has 0 fully saturated rings. The van der Waals surface area contributed by atoms with E-state index in [9.17, 15) is 0 Å². The van der Waals surface area contributed by atoms with Crippen LogP contribution in [0.25, 0.3) is 0 Å². The van der Waals surface area contributed by atoms with Gasteiger partial charge >= 0.3 is 0 Å². The van der Waals surface area contributed by atoms with E-state index < -0.39 is 0 Å². The Morgan fingerprint density at radius 1 is 0.857 bits per heavy atom. The van der Waals surface area contributed by atoms with Crippen LogP contribution in [0.3, 0.4) is 0 Å². The molecule has 0 amide bonds. The summed E-state index contributed by atoms with van der Waals surface area (Å²) in [6.07, 6.45) is 4.80. The SMILES string of the molecule is CCCCCC(NN)C(c1ccccc1)c1ccccc1. The lowest BCUT2D eigenvalue weighted by Crippen LogP contribution is -2.40. The molecule has 0 saturated heterocycles. The molecule has 2 heteroatoms. The van der Waals surface area contributed by atoms with Crippen LogP contribution in [0.4, 0.5) is 0 Å². The van der Waals surface area contributed by atoms with E-state index in [2.05, 4.69) is 73.0 Å². The van der Waals surface area contributed by atoms with Gasteiger partial charge in [0, 0.05) is 12.0 Å². The second-order valence-corrected chi connectivity index (χ2v) is 5.57. The Labute approximate surface area is 128 Å². The van der Waals surface area contributed by atoms with Gasteiger partial charge in [-0.3, -0.25) is 11.3 Å². The van der Waals surface area contributed by atoms with Crippen molar-refractivity contribution in [2.45, 2.75) is 44.6 Å². The summed E-state index contributed by atoms with van der Waals surface area (Å²) in [7, 11) is 0. The lowest BCUT2D eigenvalue weighted by molar-refractivity contribution is 0.430. The number of benzene rings is 2. The van der Waals surface area contributed by atoms with Crippen molar-refractivity contribution < 1.29 is 0 Å². The third-order valence-corrected chi connectivity index (χ3v) is 4.05. The lowest BCUT2D eigenvalue weighted by Gasteiger charge is -2.27. The summed E-state index contributed by atoms with van der Waals surface area (Å²) in [5.74, 6) is 6.18. The number of hydrogen-bond acceptors (Lipinski definition) is 2. The summed E-state index contributed by atoms with van der Waals surface area (Å²) in [6.45, 7) is 2.23. The van der Waals surface area contributed by atoms with Gasteiger partial charge in [0.15, 0.2) is 0 Å². The number of hydrogen-bond donors (Lipinski definition) is 2. The van der Waals surface area contributed by atoms with Crippen molar-refractivity contribution in [1.82, 2.24) is 5.43 Å². The fourth-order valence-corrected chi connectivity index (χ4v) is 2.94. The third kappa shape index (κ3) is 4.42. The van der Waals surface area contributed by atoms with Gasteiger partial charge in [-0.2, -0.15) is 0 Å². The van der Waals surface area contributed by atoms with Crippen LogP contribution >= 0.6 is 0 Å². The zero-order valence-electron chi connectivity index (χ0n) is 12.8. The molecule has 1 unspecified atom stereocenters. The molecule has 2 aromatic carbocycles. The topological polar surface area (TPSA) is 38.0 Å². The molecule has 0 aliphatic rings. The monoisotopic (exact) mass is 282 g/mol. The molecule has 21 heavy (non-hydrogen) atoms. The molecule has 0 aliphatic carbocycles. The Morgan fingerprint density at radius 2 is 1.38 bits per heavy atom. The highest BCUT2D eigenvalue weighted by Gasteiger charge is 2.23. The molecule has 2 aromatic rings. The number of unbranched alkanes of at least 4 members (excludes halogenated alkanes) is 2. The standard InChI is InChI=1S/C19H26N2/c1-2-3-6-15-18(21-20)19(16-11-7-4-8-12-16)17-13-9-5-10-14-17/h4-5,7-14,18-19,21H,2-3,6,15,20H2,1H3. The van der Waals surface area contributed by atoms with Crippen LogP contribution < -0.4 is 11.3 Å². The van der Waals surface area contributed by atoms with Crippen molar-refractivity contribution in [2.75, 3.05) is 0 Å². The summed E-state index contributed by atoms with van der Waals surface area (Å²) in [5, 5.41) is 0. The van der Waals surface area contributed by atoms with E-state index in [0.717, 1.165) is 6.42 Å². The number of hydrazine groups is 1. The maximum atomic E-state index is 5.88. The molecule has 0 radical (unpaired) electrons. The van der Waals surface area contributed by atoms with Gasteiger partial charge in [0.25, 0.3) is 0 Å². The minimum atomic E-state index is 0.265. The van der Waals surface area contributed by atoms with Gasteiger partial charge in [-0.1, -0.05) is 86.8 Å². The largest absolute Gasteiger partial charge is 0.271 e. The summed E-state index contributed by atoms with van der Waals surface area (Å²) in [4.78, 5) is 0. The van der Waals surface area contributed by atoms with Crippen LogP contribution in [-0.2, 0) is 0 Å². The molecule has 0 saturated carbocycles. The molecular formula is C19H26N2. The first-order valence-corrected chi connectivity index (χ1v) is 7.92. The van der Waals surface area contributed by atoms with Crippen molar-refractivity contribution in [2.24, 2.45) is 5.84 Å². The number of nitrogens with one attached hydrogen (secondary N) is 1. The summed E-state index contributed by atoms with van der Waals surface area (Å²) < 4.78 is 0. The van der Waals surface area contributed by atoms with Crippen molar-refractivity contribution >= 4 is 0 Å². The van der Waals surface area contributed by atoms with Crippen LogP contribution in [0.5, 0.6) is 0 Å². The average molecular weight is 282 g/mol. The van der Waals surface area contributed by atoms with Crippen LogP contribution in [-0.4, -0.2) is 6.04 Å². The van der Waals surface area contributed by atoms with Gasteiger partial charge in [-0.25, -0.2) is 0 Å². The molecule has 0 bridgehead atoms. The Balaban J connectivity index is 2.27. The van der Waals surface area contributed by atoms with E-state index in [0.29, 0.717) is 5.92 Å². The summed E-state index contributed by atoms with van der Waals surface area (Å²) >= 11 is 0. The van der Waals surface area contributed by atoms with Crippen molar-refractivity contribution in [3.8, 4) is 0 Å². The second-order valence-electron chi connectivity index (χ2n) is 5.57. The Kier molecular flexibility index (Phi) is 6.45. The second kappa shape index (κ2) is 8.60. The van der Waals surface area contributed by atoms with Gasteiger partial charge in [0.1, 0.15) is 0 Å². The molecule has 2 nitrogen and oxygen atoms in total. The van der Waals surface area contributed by atoms with Crippen LogP contribution in [0.15, 0.2) is 60.7 Å². The van der Waals surface area contributed by atoms with E-state index in [1.165, 1.54) is 30.4 Å². The Morgan fingerprint density at radius 3 is 1.81 bits per heavy atom. The fraction of sp³-hybridized carbons (Fsp3) is 0.368. The zero-order valence-corrected chi connectivity index (χ0v) is 12.8. The van der Waals surface area contributed by atoms with Gasteiger partial charge < -0.3 is 0 Å². The molecule has 0 heterocycles. The average Bonchev–Trinajstić information content (AvgIpc) is 2.56. The summed E-state index contributed by atoms with van der Waals surface area (Å²) in [6, 6.07) is 21.6. The van der Waals surface area contributed by atoms with E-state index in [1.54, 1.807) is 0 Å². The quantitative estimate of drug-likeness (QED) is 0.432. The van der Waals surface area contributed by atoms with Gasteiger partial charge in [0.2, 0.25) is 0 Å². The van der Waals surface area contributed by atoms with E-state index in [4.69, 9.17) is 5.84 Å². The highest BCUT2D eigenvalue weighted by atomic mass is 15.2. The smallest absolute Gasteiger partial charge is 0.0319 e. The first kappa shape index (κ1) is 15.7. The van der Waals surface area contributed by atoms with Crippen LogP contribution in [0.1, 0.15) is 49.7 Å². The molecule has 2 rings (SSSR count). The highest BCUT2D eigenvalue weighted by molar-refractivity contribution is 5.34. The van der Waals surface area contributed by atoms with Gasteiger partial charge in [-0.05, 0) is 17.5 Å². The molecule has 112 valence electrons. The zero-order chi connectivity index (χ0) is 14.9. The normalized spacial score (nSPS) is 12.5. The highest BCUT2D eigenvalue weighted by Crippen LogP contribution is 2.30. The maximum Gasteiger partial charge on any atom is 0.0319 e. The summed E-state index contributed by atoms with van der Waals surface area (Å²) in [5.41, 5.74) is 5.70. The molecule has 1 atom stereocenters. The first-order valence-electron chi connectivity index (χ1n) is 7.92. The number of nitrogens with two attached hydrogens (primary N) is 1. The molecule has 3 N–H and O–H groups in total. The van der Waals surface area contributed by atoms with Gasteiger partial charge in [-0.15, -0.1) is 0 Å². The first-order chi connectivity index (χ1) is 10.4. The van der Waals surface area contributed by atoms with E-state index in [1.807, 2.05) is 0 Å². The van der Waals surface area contributed by atoms with Crippen LogP contribution in [0.2, 0.25) is 0 Å². The lowest BCUT2D eigenvalue weighted by atomic mass is 9.83. The Bertz CT molecular complexity index is 456. The minimum Gasteiger partial charge on any atom is -0.271 e. The third-order valence-electron chi connectivity index (χ3n) is 4.05. The van der Waals surface area contributed by atoms with E-state index >= 15 is 0 Å². The van der Waals surface area contributed by atoms with Crippen LogP contribution in [0, 0.1) is 0 Å². The fourth-order valence-electron chi connectivity index (χ4n) is 2.94.